The standard InChI is InChI=1S/C7H13IO/c1-2-3-4-5-7(9)6-8/h2-6H2,1H3. The van der Waals surface area contributed by atoms with Crippen molar-refractivity contribution in [3.05, 3.63) is 0 Å². The van der Waals surface area contributed by atoms with Crippen molar-refractivity contribution in [3.8, 4) is 0 Å². The molecule has 0 amide bonds. The summed E-state index contributed by atoms with van der Waals surface area (Å²) >= 11 is 2.12. The van der Waals surface area contributed by atoms with Crippen LogP contribution in [-0.2, 0) is 4.79 Å². The summed E-state index contributed by atoms with van der Waals surface area (Å²) in [6.45, 7) is 2.15. The zero-order valence-corrected chi connectivity index (χ0v) is 7.98. The van der Waals surface area contributed by atoms with Crippen molar-refractivity contribution in [2.24, 2.45) is 0 Å². The van der Waals surface area contributed by atoms with Gasteiger partial charge in [-0.25, -0.2) is 0 Å². The van der Waals surface area contributed by atoms with E-state index in [2.05, 4.69) is 29.5 Å². The number of alkyl halides is 1. The second kappa shape index (κ2) is 6.52. The van der Waals surface area contributed by atoms with Crippen LogP contribution in [0.2, 0.25) is 0 Å². The molecule has 0 aliphatic carbocycles. The SMILES string of the molecule is CCCCCC(=O)CI. The van der Waals surface area contributed by atoms with Crippen LogP contribution in [-0.4, -0.2) is 10.2 Å². The highest BCUT2D eigenvalue weighted by atomic mass is 127. The van der Waals surface area contributed by atoms with E-state index in [1.807, 2.05) is 0 Å². The summed E-state index contributed by atoms with van der Waals surface area (Å²) in [4.78, 5) is 10.7. The molecule has 0 spiro atoms. The summed E-state index contributed by atoms with van der Waals surface area (Å²) in [6.07, 6.45) is 4.27. The molecule has 0 aliphatic heterocycles. The number of ketones is 1. The maximum absolute atomic E-state index is 10.7. The van der Waals surface area contributed by atoms with E-state index in [-0.39, 0.29) is 0 Å². The van der Waals surface area contributed by atoms with Gasteiger partial charge in [-0.15, -0.1) is 0 Å². The predicted octanol–water partition coefficient (Wildman–Crippen LogP) is 2.57. The molecule has 0 atom stereocenters. The van der Waals surface area contributed by atoms with Gasteiger partial charge in [-0.05, 0) is 6.42 Å². The minimum Gasteiger partial charge on any atom is -0.299 e. The summed E-state index contributed by atoms with van der Waals surface area (Å²) in [5.41, 5.74) is 0. The summed E-state index contributed by atoms with van der Waals surface area (Å²) in [7, 11) is 0. The van der Waals surface area contributed by atoms with Gasteiger partial charge in [0, 0.05) is 6.42 Å². The van der Waals surface area contributed by atoms with E-state index < -0.39 is 0 Å². The van der Waals surface area contributed by atoms with Gasteiger partial charge < -0.3 is 0 Å². The van der Waals surface area contributed by atoms with Crippen LogP contribution in [0.25, 0.3) is 0 Å². The van der Waals surface area contributed by atoms with Crippen LogP contribution in [0.15, 0.2) is 0 Å². The molecule has 1 nitrogen and oxygen atoms in total. The molecule has 0 heterocycles. The van der Waals surface area contributed by atoms with E-state index in [1.54, 1.807) is 0 Å². The zero-order valence-electron chi connectivity index (χ0n) is 5.82. The summed E-state index contributed by atoms with van der Waals surface area (Å²) in [6, 6.07) is 0. The van der Waals surface area contributed by atoms with Gasteiger partial charge >= 0.3 is 0 Å². The Morgan fingerprint density at radius 2 is 2.11 bits per heavy atom. The topological polar surface area (TPSA) is 17.1 Å². The Labute approximate surface area is 70.4 Å². The van der Waals surface area contributed by atoms with Crippen molar-refractivity contribution in [1.82, 2.24) is 0 Å². The van der Waals surface area contributed by atoms with Crippen molar-refractivity contribution in [3.63, 3.8) is 0 Å². The number of halogens is 1. The Morgan fingerprint density at radius 1 is 1.44 bits per heavy atom. The second-order valence-electron chi connectivity index (χ2n) is 2.13. The minimum atomic E-state index is 0.393. The van der Waals surface area contributed by atoms with E-state index in [0.717, 1.165) is 12.8 Å². The fraction of sp³-hybridized carbons (Fsp3) is 0.857. The zero-order chi connectivity index (χ0) is 7.11. The molecule has 2 heteroatoms. The van der Waals surface area contributed by atoms with Crippen LogP contribution < -0.4 is 0 Å². The molecule has 0 rings (SSSR count). The van der Waals surface area contributed by atoms with Crippen molar-refractivity contribution in [2.45, 2.75) is 32.6 Å². The van der Waals surface area contributed by atoms with Gasteiger partial charge in [0.15, 0.2) is 0 Å². The quantitative estimate of drug-likeness (QED) is 0.410. The molecule has 0 N–H and O–H groups in total. The highest BCUT2D eigenvalue weighted by Gasteiger charge is 1.96. The molecule has 0 radical (unpaired) electrons. The predicted molar refractivity (Wildman–Crippen MR) is 48.0 cm³/mol. The van der Waals surface area contributed by atoms with Crippen molar-refractivity contribution in [2.75, 3.05) is 4.43 Å². The van der Waals surface area contributed by atoms with Crippen LogP contribution in [0.4, 0.5) is 0 Å². The van der Waals surface area contributed by atoms with Crippen LogP contribution in [0.1, 0.15) is 32.6 Å². The largest absolute Gasteiger partial charge is 0.299 e. The van der Waals surface area contributed by atoms with Gasteiger partial charge in [-0.3, -0.25) is 4.79 Å². The molecule has 54 valence electrons. The summed E-state index contributed by atoms with van der Waals surface area (Å²) in [5.74, 6) is 0.393. The highest BCUT2D eigenvalue weighted by molar-refractivity contribution is 14.1. The number of hydrogen-bond acceptors (Lipinski definition) is 1. The molecule has 0 aliphatic rings. The summed E-state index contributed by atoms with van der Waals surface area (Å²) < 4.78 is 0.682. The first kappa shape index (κ1) is 9.40. The maximum atomic E-state index is 10.7. The lowest BCUT2D eigenvalue weighted by molar-refractivity contribution is -0.116. The smallest absolute Gasteiger partial charge is 0.142 e. The molecule has 0 unspecified atom stereocenters. The highest BCUT2D eigenvalue weighted by Crippen LogP contribution is 2.00. The van der Waals surface area contributed by atoms with Crippen LogP contribution in [0.3, 0.4) is 0 Å². The average molecular weight is 240 g/mol. The first-order valence-electron chi connectivity index (χ1n) is 3.39. The lowest BCUT2D eigenvalue weighted by Gasteiger charge is -1.93. The van der Waals surface area contributed by atoms with Gasteiger partial charge in [-0.1, -0.05) is 42.4 Å². The lowest BCUT2D eigenvalue weighted by atomic mass is 10.2. The van der Waals surface area contributed by atoms with Crippen molar-refractivity contribution >= 4 is 28.4 Å². The lowest BCUT2D eigenvalue weighted by Crippen LogP contribution is -1.97. The number of Topliss-reactive ketones (excluding diaryl/α,β-unsaturated/α-hetero) is 1. The minimum absolute atomic E-state index is 0.393. The molecule has 0 saturated heterocycles. The average Bonchev–Trinajstić information content (AvgIpc) is 1.89. The van der Waals surface area contributed by atoms with Gasteiger partial charge in [0.1, 0.15) is 5.78 Å². The third-order valence-electron chi connectivity index (χ3n) is 1.21. The Hall–Kier alpha value is 0.400. The van der Waals surface area contributed by atoms with Gasteiger partial charge in [-0.2, -0.15) is 0 Å². The van der Waals surface area contributed by atoms with Gasteiger partial charge in [0.25, 0.3) is 0 Å². The van der Waals surface area contributed by atoms with Crippen LogP contribution in [0.5, 0.6) is 0 Å². The maximum Gasteiger partial charge on any atom is 0.142 e. The van der Waals surface area contributed by atoms with Crippen LogP contribution >= 0.6 is 22.6 Å². The fourth-order valence-corrected chi connectivity index (χ4v) is 1.02. The van der Waals surface area contributed by atoms with Crippen molar-refractivity contribution in [1.29, 1.82) is 0 Å². The monoisotopic (exact) mass is 240 g/mol. The molecule has 0 saturated carbocycles. The number of unbranched alkanes of at least 4 members (excludes halogenated alkanes) is 2. The molecular weight excluding hydrogens is 227 g/mol. The number of hydrogen-bond donors (Lipinski definition) is 0. The fourth-order valence-electron chi connectivity index (χ4n) is 0.639. The Morgan fingerprint density at radius 3 is 2.56 bits per heavy atom. The first-order valence-corrected chi connectivity index (χ1v) is 4.91. The van der Waals surface area contributed by atoms with Crippen LogP contribution in [0, 0.1) is 0 Å². The molecule has 0 bridgehead atoms. The third-order valence-corrected chi connectivity index (χ3v) is 2.06. The van der Waals surface area contributed by atoms with E-state index in [1.165, 1.54) is 12.8 Å². The second-order valence-corrected chi connectivity index (χ2v) is 2.89. The molecule has 9 heavy (non-hydrogen) atoms. The number of carbonyl (C=O) groups is 1. The molecular formula is C7H13IO. The van der Waals surface area contributed by atoms with Gasteiger partial charge in [0.2, 0.25) is 0 Å². The summed E-state index contributed by atoms with van der Waals surface area (Å²) in [5, 5.41) is 0. The van der Waals surface area contributed by atoms with E-state index in [9.17, 15) is 4.79 Å². The van der Waals surface area contributed by atoms with E-state index in [4.69, 9.17) is 0 Å². The van der Waals surface area contributed by atoms with E-state index >= 15 is 0 Å². The first-order chi connectivity index (χ1) is 4.31. The molecule has 0 fully saturated rings. The van der Waals surface area contributed by atoms with E-state index in [0.29, 0.717) is 10.2 Å². The Balaban J connectivity index is 2.97. The molecule has 0 aromatic carbocycles. The molecule has 0 aromatic rings. The Kier molecular flexibility index (Phi) is 6.81. The molecule has 0 aromatic heterocycles. The number of rotatable bonds is 5. The third kappa shape index (κ3) is 6.28. The van der Waals surface area contributed by atoms with Crippen molar-refractivity contribution < 1.29 is 4.79 Å². The Bertz CT molecular complexity index is 81.0. The van der Waals surface area contributed by atoms with Gasteiger partial charge in [0.05, 0.1) is 4.43 Å². The normalized spacial score (nSPS) is 9.56. The number of carbonyl (C=O) groups excluding carboxylic acids is 1.